The number of benzene rings is 2. The van der Waals surface area contributed by atoms with Gasteiger partial charge in [0.1, 0.15) is 21.7 Å². The molecule has 0 aliphatic carbocycles. The first-order valence-corrected chi connectivity index (χ1v) is 15.0. The summed E-state index contributed by atoms with van der Waals surface area (Å²) in [5.74, 6) is 1.01. The molecule has 0 radical (unpaired) electrons. The third-order valence-corrected chi connectivity index (χ3v) is 9.05. The maximum Gasteiger partial charge on any atom is 0.260 e. The second-order valence-electron chi connectivity index (χ2n) is 9.19. The number of aromatic nitrogens is 1. The summed E-state index contributed by atoms with van der Waals surface area (Å²) in [6.45, 7) is 6.07. The maximum absolute atomic E-state index is 13.8. The van der Waals surface area contributed by atoms with Gasteiger partial charge in [-0.15, -0.1) is 12.4 Å². The van der Waals surface area contributed by atoms with Crippen molar-refractivity contribution < 1.29 is 22.7 Å². The number of carbonyl (C=O) groups excluding carboxylic acids is 1. The molecule has 1 amide bonds. The van der Waals surface area contributed by atoms with Crippen molar-refractivity contribution in [2.75, 3.05) is 59.4 Å². The fourth-order valence-electron chi connectivity index (χ4n) is 4.14. The van der Waals surface area contributed by atoms with E-state index in [1.165, 1.54) is 27.8 Å². The summed E-state index contributed by atoms with van der Waals surface area (Å²) >= 11 is 1.36. The highest BCUT2D eigenvalue weighted by molar-refractivity contribution is 7.89. The van der Waals surface area contributed by atoms with E-state index in [9.17, 15) is 13.2 Å². The predicted octanol–water partition coefficient (Wildman–Crippen LogP) is 5.14. The molecular formula is C27H39ClN4O5S2. The largest absolute Gasteiger partial charge is 0.495 e. The Morgan fingerprint density at radius 2 is 1.49 bits per heavy atom. The Balaban J connectivity index is 0.00000533. The highest BCUT2D eigenvalue weighted by atomic mass is 35.5. The first-order chi connectivity index (χ1) is 18.2. The number of ether oxygens (including phenoxy) is 2. The number of carbonyl (C=O) groups is 1. The Morgan fingerprint density at radius 3 is 2.03 bits per heavy atom. The summed E-state index contributed by atoms with van der Waals surface area (Å²) in [5.41, 5.74) is 1.02. The zero-order valence-electron chi connectivity index (χ0n) is 23.5. The smallest absolute Gasteiger partial charge is 0.260 e. The molecule has 0 atom stereocenters. The summed E-state index contributed by atoms with van der Waals surface area (Å²) in [6, 6.07) is 9.81. The van der Waals surface area contributed by atoms with E-state index in [2.05, 4.69) is 4.90 Å². The number of hydrogen-bond donors (Lipinski definition) is 0. The van der Waals surface area contributed by atoms with Crippen molar-refractivity contribution in [3.05, 3.63) is 42.0 Å². The van der Waals surface area contributed by atoms with Gasteiger partial charge in [0.2, 0.25) is 10.0 Å². The molecule has 0 spiro atoms. The minimum absolute atomic E-state index is 0. The van der Waals surface area contributed by atoms with E-state index in [0.29, 0.717) is 47.3 Å². The minimum Gasteiger partial charge on any atom is -0.495 e. The highest BCUT2D eigenvalue weighted by Gasteiger charge is 2.26. The van der Waals surface area contributed by atoms with E-state index in [0.717, 1.165) is 30.5 Å². The molecular weight excluding hydrogens is 560 g/mol. The minimum atomic E-state index is -3.63. The molecule has 0 saturated carbocycles. The number of nitrogens with zero attached hydrogens (tertiary/aromatic N) is 4. The molecule has 0 aliphatic heterocycles. The van der Waals surface area contributed by atoms with Crippen LogP contribution in [-0.4, -0.2) is 83.0 Å². The molecule has 39 heavy (non-hydrogen) atoms. The number of methoxy groups -OCH3 is 2. The third kappa shape index (κ3) is 7.61. The van der Waals surface area contributed by atoms with Gasteiger partial charge >= 0.3 is 0 Å². The predicted molar refractivity (Wildman–Crippen MR) is 161 cm³/mol. The lowest BCUT2D eigenvalue weighted by Gasteiger charge is -2.22. The molecule has 0 aliphatic rings. The van der Waals surface area contributed by atoms with Crippen LogP contribution in [-0.2, 0) is 10.0 Å². The molecule has 1 aromatic heterocycles. The normalized spacial score (nSPS) is 11.6. The molecule has 0 bridgehead atoms. The highest BCUT2D eigenvalue weighted by Crippen LogP contribution is 2.40. The van der Waals surface area contributed by atoms with E-state index in [-0.39, 0.29) is 23.2 Å². The van der Waals surface area contributed by atoms with Crippen LogP contribution in [0, 0.1) is 0 Å². The standard InChI is InChI=1S/C27H38N4O5S2.ClH/c1-7-16-30(17-8-2)38(33,34)21-12-10-20(11-13-21)26(32)31(19-9-18-29(3)4)27-28-24-22(35-5)14-15-23(36-6)25(24)37-27;/h10-15H,7-9,16-19H2,1-6H3;1H. The van der Waals surface area contributed by atoms with Crippen LogP contribution in [0.3, 0.4) is 0 Å². The Hall–Kier alpha value is -2.44. The van der Waals surface area contributed by atoms with Gasteiger partial charge in [0.15, 0.2) is 5.13 Å². The second kappa shape index (κ2) is 14.8. The molecule has 12 heteroatoms. The lowest BCUT2D eigenvalue weighted by Crippen LogP contribution is -2.34. The Labute approximate surface area is 242 Å². The van der Waals surface area contributed by atoms with E-state index >= 15 is 0 Å². The number of rotatable bonds is 14. The zero-order chi connectivity index (χ0) is 27.9. The van der Waals surface area contributed by atoms with Crippen LogP contribution < -0.4 is 14.4 Å². The van der Waals surface area contributed by atoms with Crippen LogP contribution in [0.2, 0.25) is 0 Å². The first-order valence-electron chi connectivity index (χ1n) is 12.8. The van der Waals surface area contributed by atoms with Gasteiger partial charge in [0.05, 0.1) is 19.1 Å². The Morgan fingerprint density at radius 1 is 0.897 bits per heavy atom. The molecule has 3 aromatic rings. The van der Waals surface area contributed by atoms with Crippen LogP contribution in [0.1, 0.15) is 43.5 Å². The van der Waals surface area contributed by atoms with Gasteiger partial charge in [-0.3, -0.25) is 9.69 Å². The monoisotopic (exact) mass is 598 g/mol. The quantitative estimate of drug-likeness (QED) is 0.253. The van der Waals surface area contributed by atoms with Gasteiger partial charge in [-0.2, -0.15) is 4.31 Å². The zero-order valence-corrected chi connectivity index (χ0v) is 25.9. The first kappa shape index (κ1) is 32.8. The topological polar surface area (TPSA) is 92.3 Å². The molecule has 0 unspecified atom stereocenters. The van der Waals surface area contributed by atoms with E-state index < -0.39 is 10.0 Å². The molecule has 216 valence electrons. The number of amides is 1. The summed E-state index contributed by atoms with van der Waals surface area (Å²) in [5, 5.41) is 0.528. The van der Waals surface area contributed by atoms with Crippen LogP contribution in [0.15, 0.2) is 41.3 Å². The number of fused-ring (bicyclic) bond motifs is 1. The maximum atomic E-state index is 13.8. The lowest BCUT2D eigenvalue weighted by atomic mass is 10.2. The van der Waals surface area contributed by atoms with E-state index in [1.54, 1.807) is 37.3 Å². The van der Waals surface area contributed by atoms with Crippen molar-refractivity contribution in [2.45, 2.75) is 38.0 Å². The van der Waals surface area contributed by atoms with E-state index in [1.807, 2.05) is 34.0 Å². The molecule has 2 aromatic carbocycles. The summed E-state index contributed by atoms with van der Waals surface area (Å²) in [4.78, 5) is 22.4. The SMILES string of the molecule is CCCN(CCC)S(=O)(=O)c1ccc(C(=O)N(CCCN(C)C)c2nc3c(OC)ccc(OC)c3s2)cc1.Cl. The molecule has 0 N–H and O–H groups in total. The van der Waals surface area contributed by atoms with Gasteiger partial charge in [-0.1, -0.05) is 25.2 Å². The average molecular weight is 599 g/mol. The van der Waals surface area contributed by atoms with Crippen molar-refractivity contribution in [3.63, 3.8) is 0 Å². The third-order valence-electron chi connectivity index (χ3n) is 6.05. The summed E-state index contributed by atoms with van der Waals surface area (Å²) in [7, 11) is 3.52. The van der Waals surface area contributed by atoms with Crippen molar-refractivity contribution in [1.82, 2.24) is 14.2 Å². The van der Waals surface area contributed by atoms with Gasteiger partial charge in [0, 0.05) is 25.2 Å². The Bertz CT molecular complexity index is 1280. The van der Waals surface area contributed by atoms with Crippen LogP contribution in [0.4, 0.5) is 5.13 Å². The number of anilines is 1. The lowest BCUT2D eigenvalue weighted by molar-refractivity contribution is 0.0986. The molecule has 0 fully saturated rings. The van der Waals surface area contributed by atoms with Crippen molar-refractivity contribution in [3.8, 4) is 11.5 Å². The molecule has 3 rings (SSSR count). The van der Waals surface area contributed by atoms with Gasteiger partial charge in [-0.05, 0) is 76.3 Å². The number of thiazole rings is 1. The van der Waals surface area contributed by atoms with Crippen molar-refractivity contribution in [2.24, 2.45) is 0 Å². The second-order valence-corrected chi connectivity index (χ2v) is 12.1. The molecule has 1 heterocycles. The fraction of sp³-hybridized carbons (Fsp3) is 0.481. The van der Waals surface area contributed by atoms with Crippen molar-refractivity contribution >= 4 is 55.0 Å². The van der Waals surface area contributed by atoms with Crippen molar-refractivity contribution in [1.29, 1.82) is 0 Å². The molecule has 0 saturated heterocycles. The van der Waals surface area contributed by atoms with Gasteiger partial charge in [0.25, 0.3) is 5.91 Å². The molecule has 9 nitrogen and oxygen atoms in total. The fourth-order valence-corrected chi connectivity index (χ4v) is 6.87. The average Bonchev–Trinajstić information content (AvgIpc) is 3.35. The number of sulfonamides is 1. The summed E-state index contributed by atoms with van der Waals surface area (Å²) in [6.07, 6.45) is 2.20. The van der Waals surface area contributed by atoms with E-state index in [4.69, 9.17) is 14.5 Å². The Kier molecular flexibility index (Phi) is 12.4. The van der Waals surface area contributed by atoms with Crippen LogP contribution >= 0.6 is 23.7 Å². The van der Waals surface area contributed by atoms with Crippen LogP contribution in [0.25, 0.3) is 10.2 Å². The van der Waals surface area contributed by atoms with Crippen LogP contribution in [0.5, 0.6) is 11.5 Å². The summed E-state index contributed by atoms with van der Waals surface area (Å²) < 4.78 is 39.6. The van der Waals surface area contributed by atoms with Gasteiger partial charge in [-0.25, -0.2) is 13.4 Å². The number of halogens is 1. The van der Waals surface area contributed by atoms with Gasteiger partial charge < -0.3 is 14.4 Å². The number of hydrogen-bond acceptors (Lipinski definition) is 8.